The summed E-state index contributed by atoms with van der Waals surface area (Å²) in [5.41, 5.74) is -1.68. The number of thiophene rings is 1. The number of fused-ring (bicyclic) bond motifs is 3. The van der Waals surface area contributed by atoms with Crippen molar-refractivity contribution in [3.63, 3.8) is 0 Å². The van der Waals surface area contributed by atoms with Gasteiger partial charge in [-0.1, -0.05) is 26.8 Å². The molecule has 1 aromatic heterocycles. The van der Waals surface area contributed by atoms with Gasteiger partial charge < -0.3 is 18.9 Å². The fourth-order valence-corrected chi connectivity index (χ4v) is 5.15. The minimum atomic E-state index is -1.30. The second-order valence-corrected chi connectivity index (χ2v) is 9.70. The van der Waals surface area contributed by atoms with E-state index in [0.29, 0.717) is 11.3 Å². The lowest BCUT2D eigenvalue weighted by atomic mass is 9.88. The number of hydrogen-bond acceptors (Lipinski definition) is 8. The van der Waals surface area contributed by atoms with Crippen LogP contribution in [0.4, 0.5) is 0 Å². The zero-order valence-corrected chi connectivity index (χ0v) is 17.7. The molecular weight excluding hydrogens is 398 g/mol. The lowest BCUT2D eigenvalue weighted by Gasteiger charge is -2.37. The monoisotopic (exact) mass is 423 g/mol. The first-order valence-corrected chi connectivity index (χ1v) is 10.5. The summed E-state index contributed by atoms with van der Waals surface area (Å²) in [5.74, 6) is -1.63. The van der Waals surface area contributed by atoms with Crippen LogP contribution < -0.4 is 0 Å². The Labute approximate surface area is 173 Å². The molecule has 0 N–H and O–H groups in total. The second kappa shape index (κ2) is 7.07. The molecule has 4 rings (SSSR count). The van der Waals surface area contributed by atoms with Crippen LogP contribution in [0.5, 0.6) is 0 Å². The lowest BCUT2D eigenvalue weighted by Crippen LogP contribution is -2.60. The fraction of sp³-hybridized carbons (Fsp3) is 0.650. The van der Waals surface area contributed by atoms with E-state index in [4.69, 9.17) is 18.9 Å². The molecule has 29 heavy (non-hydrogen) atoms. The predicted molar refractivity (Wildman–Crippen MR) is 102 cm³/mol. The van der Waals surface area contributed by atoms with Gasteiger partial charge in [0.25, 0.3) is 0 Å². The van der Waals surface area contributed by atoms with Crippen molar-refractivity contribution in [3.05, 3.63) is 22.4 Å². The van der Waals surface area contributed by atoms with Crippen molar-refractivity contribution >= 4 is 29.2 Å². The molecule has 5 atom stereocenters. The molecular formula is C20H25NO7S. The van der Waals surface area contributed by atoms with Crippen LogP contribution in [-0.4, -0.2) is 67.0 Å². The Hall–Kier alpha value is -1.97. The van der Waals surface area contributed by atoms with E-state index in [1.54, 1.807) is 17.5 Å². The molecule has 3 aliphatic heterocycles. The molecule has 3 aliphatic rings. The number of amides is 1. The molecule has 8 nitrogen and oxygen atoms in total. The van der Waals surface area contributed by atoms with Crippen LogP contribution in [0.1, 0.15) is 36.9 Å². The third-order valence-corrected chi connectivity index (χ3v) is 6.62. The number of ether oxygens (including phenoxy) is 4. The van der Waals surface area contributed by atoms with Gasteiger partial charge in [0.2, 0.25) is 5.91 Å². The van der Waals surface area contributed by atoms with Crippen LogP contribution in [0.3, 0.4) is 0 Å². The molecule has 1 aromatic rings. The van der Waals surface area contributed by atoms with Gasteiger partial charge in [-0.3, -0.25) is 9.69 Å². The minimum absolute atomic E-state index is 0.0240. The van der Waals surface area contributed by atoms with Crippen LogP contribution >= 0.6 is 11.3 Å². The average molecular weight is 423 g/mol. The molecule has 4 heterocycles. The van der Waals surface area contributed by atoms with Gasteiger partial charge in [-0.25, -0.2) is 9.59 Å². The van der Waals surface area contributed by atoms with E-state index >= 15 is 0 Å². The van der Waals surface area contributed by atoms with Crippen molar-refractivity contribution in [2.75, 3.05) is 20.3 Å². The summed E-state index contributed by atoms with van der Waals surface area (Å²) in [6.07, 6.45) is -1.32. The Morgan fingerprint density at radius 2 is 2.14 bits per heavy atom. The molecule has 0 unspecified atom stereocenters. The maximum absolute atomic E-state index is 13.3. The van der Waals surface area contributed by atoms with Crippen molar-refractivity contribution in [1.82, 2.24) is 4.90 Å². The highest BCUT2D eigenvalue weighted by atomic mass is 32.1. The maximum Gasteiger partial charge on any atom is 0.348 e. The third kappa shape index (κ3) is 3.06. The number of hydrogen-bond donors (Lipinski definition) is 0. The molecule has 0 aromatic carbocycles. The molecule has 0 bridgehead atoms. The molecule has 0 aliphatic carbocycles. The Bertz CT molecular complexity index is 817. The smallest absolute Gasteiger partial charge is 0.348 e. The second-order valence-electron chi connectivity index (χ2n) is 8.75. The number of esters is 2. The van der Waals surface area contributed by atoms with Crippen molar-refractivity contribution in [1.29, 1.82) is 0 Å². The van der Waals surface area contributed by atoms with Gasteiger partial charge in [-0.15, -0.1) is 11.3 Å². The van der Waals surface area contributed by atoms with Crippen LogP contribution in [-0.2, 0) is 28.5 Å². The topological polar surface area (TPSA) is 91.4 Å². The average Bonchev–Trinajstić information content (AvgIpc) is 3.43. The quantitative estimate of drug-likeness (QED) is 0.683. The Kier molecular flexibility index (Phi) is 4.95. The molecule has 1 amide bonds. The Morgan fingerprint density at radius 3 is 2.76 bits per heavy atom. The largest absolute Gasteiger partial charge is 0.467 e. The minimum Gasteiger partial charge on any atom is -0.467 e. The summed E-state index contributed by atoms with van der Waals surface area (Å²) < 4.78 is 22.4. The van der Waals surface area contributed by atoms with Crippen molar-refractivity contribution in [2.45, 2.75) is 51.2 Å². The zero-order chi connectivity index (χ0) is 21.0. The maximum atomic E-state index is 13.3. The zero-order valence-electron chi connectivity index (χ0n) is 16.9. The van der Waals surface area contributed by atoms with E-state index in [2.05, 4.69) is 0 Å². The molecule has 158 valence electrons. The van der Waals surface area contributed by atoms with Gasteiger partial charge in [0.15, 0.2) is 5.54 Å². The third-order valence-electron chi connectivity index (χ3n) is 5.77. The Balaban J connectivity index is 1.53. The SMILES string of the molecule is COC(=O)[C@]12CO[C@H](C(C)(C)C)N1C(=O)[C@@H]1C[C@@H](COC(=O)c3cccs3)O[C@@H]12. The number of carbonyl (C=O) groups is 3. The van der Waals surface area contributed by atoms with E-state index in [1.807, 2.05) is 20.8 Å². The predicted octanol–water partition coefficient (Wildman–Crippen LogP) is 1.83. The van der Waals surface area contributed by atoms with E-state index in [0.717, 1.165) is 0 Å². The van der Waals surface area contributed by atoms with Gasteiger partial charge in [-0.05, 0) is 17.9 Å². The van der Waals surface area contributed by atoms with E-state index < -0.39 is 41.8 Å². The number of nitrogens with zero attached hydrogens (tertiary/aromatic N) is 1. The number of carbonyl (C=O) groups excluding carboxylic acids is 3. The first-order chi connectivity index (χ1) is 13.7. The van der Waals surface area contributed by atoms with Crippen LogP contribution in [0.25, 0.3) is 0 Å². The summed E-state index contributed by atoms with van der Waals surface area (Å²) in [5, 5.41) is 1.80. The highest BCUT2D eigenvalue weighted by molar-refractivity contribution is 7.11. The van der Waals surface area contributed by atoms with Gasteiger partial charge >= 0.3 is 11.9 Å². The summed E-state index contributed by atoms with van der Waals surface area (Å²) in [6.45, 7) is 5.92. The molecule has 3 fully saturated rings. The summed E-state index contributed by atoms with van der Waals surface area (Å²) >= 11 is 1.30. The van der Waals surface area contributed by atoms with Gasteiger partial charge in [0.1, 0.15) is 23.8 Å². The highest BCUT2D eigenvalue weighted by Crippen LogP contribution is 2.51. The summed E-state index contributed by atoms with van der Waals surface area (Å²) in [6, 6.07) is 3.46. The van der Waals surface area contributed by atoms with E-state index in [-0.39, 0.29) is 24.5 Å². The van der Waals surface area contributed by atoms with Crippen molar-refractivity contribution in [3.8, 4) is 0 Å². The summed E-state index contributed by atoms with van der Waals surface area (Å²) in [7, 11) is 1.30. The van der Waals surface area contributed by atoms with E-state index in [1.165, 1.54) is 23.3 Å². The van der Waals surface area contributed by atoms with Gasteiger partial charge in [0, 0.05) is 5.41 Å². The van der Waals surface area contributed by atoms with Gasteiger partial charge in [0.05, 0.1) is 25.7 Å². The number of methoxy groups -OCH3 is 1. The Morgan fingerprint density at radius 1 is 1.38 bits per heavy atom. The normalized spacial score (nSPS) is 33.5. The molecule has 0 spiro atoms. The number of rotatable bonds is 4. The molecule has 0 saturated carbocycles. The standard InChI is InChI=1S/C20H25NO7S/c1-19(2,3)17-21-15(22)12-8-11(9-26-16(23)13-6-5-7-29-13)28-14(12)20(21,10-27-17)18(24)25-4/h5-7,11-12,14,17H,8-10H2,1-4H3/t11-,12+,14-,17+,20+/m0/s1. The van der Waals surface area contributed by atoms with Gasteiger partial charge in [-0.2, -0.15) is 0 Å². The first-order valence-electron chi connectivity index (χ1n) is 9.59. The van der Waals surface area contributed by atoms with Crippen LogP contribution in [0.2, 0.25) is 0 Å². The van der Waals surface area contributed by atoms with Crippen molar-refractivity contribution < 1.29 is 33.3 Å². The fourth-order valence-electron chi connectivity index (χ4n) is 4.54. The lowest BCUT2D eigenvalue weighted by molar-refractivity contribution is -0.165. The molecule has 9 heteroatoms. The van der Waals surface area contributed by atoms with Crippen LogP contribution in [0, 0.1) is 11.3 Å². The highest BCUT2D eigenvalue weighted by Gasteiger charge is 2.73. The molecule has 0 radical (unpaired) electrons. The molecule has 3 saturated heterocycles. The van der Waals surface area contributed by atoms with E-state index in [9.17, 15) is 14.4 Å². The summed E-state index contributed by atoms with van der Waals surface area (Å²) in [4.78, 5) is 40.2. The van der Waals surface area contributed by atoms with Crippen molar-refractivity contribution in [2.24, 2.45) is 11.3 Å². The van der Waals surface area contributed by atoms with Crippen LogP contribution in [0.15, 0.2) is 17.5 Å². The first kappa shape index (κ1) is 20.3.